The van der Waals surface area contributed by atoms with Gasteiger partial charge in [-0.2, -0.15) is 22.0 Å². The average molecular weight is 231 g/mol. The lowest BCUT2D eigenvalue weighted by Crippen LogP contribution is -2.34. The Labute approximate surface area is 79.3 Å². The quantitative estimate of drug-likeness (QED) is 0.649. The molecule has 0 heterocycles. The van der Waals surface area contributed by atoms with Gasteiger partial charge in [-0.3, -0.25) is 0 Å². The van der Waals surface area contributed by atoms with Crippen LogP contribution < -0.4 is 0 Å². The summed E-state index contributed by atoms with van der Waals surface area (Å²) in [5, 5.41) is 0. The molecule has 0 aromatic heterocycles. The van der Waals surface area contributed by atoms with Gasteiger partial charge in [-0.1, -0.05) is 0 Å². The number of halogens is 7. The van der Waals surface area contributed by atoms with Crippen LogP contribution in [0.5, 0.6) is 0 Å². The molecule has 0 amide bonds. The van der Waals surface area contributed by atoms with Crippen molar-refractivity contribution in [3.05, 3.63) is 35.4 Å². The number of benzene rings is 1. The van der Waals surface area contributed by atoms with Gasteiger partial charge in [-0.05, 0) is 12.1 Å². The van der Waals surface area contributed by atoms with Gasteiger partial charge < -0.3 is 0 Å². The first-order chi connectivity index (χ1) is 6.66. The lowest BCUT2D eigenvalue weighted by Gasteiger charge is -2.20. The monoisotopic (exact) mass is 231 g/mol. The molecule has 0 N–H and O–H groups in total. The molecule has 1 rings (SSSR count). The van der Waals surface area contributed by atoms with E-state index in [4.69, 9.17) is 0 Å². The average Bonchev–Trinajstić information content (AvgIpc) is 2.07. The summed E-state index contributed by atoms with van der Waals surface area (Å²) in [6, 6.07) is 1.38. The maximum Gasteiger partial charge on any atom is 0.458 e. The summed E-state index contributed by atoms with van der Waals surface area (Å²) in [7, 11) is 0. The minimum atomic E-state index is -5.97. The molecule has 0 bridgehead atoms. The Morgan fingerprint density at radius 1 is 1.00 bits per heavy atom. The lowest BCUT2D eigenvalue weighted by atomic mass is 10.1. The van der Waals surface area contributed by atoms with E-state index in [0.717, 1.165) is 0 Å². The van der Waals surface area contributed by atoms with E-state index in [9.17, 15) is 30.7 Å². The van der Waals surface area contributed by atoms with E-state index in [2.05, 4.69) is 0 Å². The molecule has 0 aliphatic rings. The Bertz CT molecular complexity index is 366. The number of rotatable bonds is 1. The van der Waals surface area contributed by atoms with Crippen molar-refractivity contribution in [2.75, 3.05) is 0 Å². The lowest BCUT2D eigenvalue weighted by molar-refractivity contribution is -0.290. The second-order valence-electron chi connectivity index (χ2n) is 2.61. The molecular weight excluding hydrogens is 229 g/mol. The zero-order chi connectivity index (χ0) is 11.9. The van der Waals surface area contributed by atoms with E-state index < -0.39 is 29.3 Å². The summed E-state index contributed by atoms with van der Waals surface area (Å²) in [6.07, 6.45) is -5.97. The van der Waals surface area contributed by atoms with E-state index in [1.807, 2.05) is 0 Å². The van der Waals surface area contributed by atoms with Crippen LogP contribution in [-0.2, 0) is 5.92 Å². The van der Waals surface area contributed by atoms with E-state index in [1.165, 1.54) is 6.07 Å². The van der Waals surface area contributed by atoms with Crippen LogP contribution in [0.2, 0.25) is 0 Å². The molecule has 15 heavy (non-hydrogen) atoms. The van der Waals surface area contributed by atoms with E-state index in [1.54, 1.807) is 0 Å². The topological polar surface area (TPSA) is 0 Å². The fourth-order valence-corrected chi connectivity index (χ4v) is 0.841. The van der Waals surface area contributed by atoms with Crippen LogP contribution >= 0.6 is 0 Å². The molecule has 0 spiro atoms. The minimum Gasteiger partial charge on any atom is -0.206 e. The Hall–Kier alpha value is -1.27. The van der Waals surface area contributed by atoms with Crippen molar-refractivity contribution in [3.63, 3.8) is 0 Å². The first-order valence-electron chi connectivity index (χ1n) is 3.48. The van der Waals surface area contributed by atoms with Crippen LogP contribution in [0, 0.1) is 17.7 Å². The van der Waals surface area contributed by atoms with Gasteiger partial charge in [0, 0.05) is 6.07 Å². The fourth-order valence-electron chi connectivity index (χ4n) is 0.841. The molecule has 7 heteroatoms. The van der Waals surface area contributed by atoms with Crippen LogP contribution in [0.15, 0.2) is 12.1 Å². The van der Waals surface area contributed by atoms with Crippen LogP contribution in [0.3, 0.4) is 0 Å². The highest BCUT2D eigenvalue weighted by molar-refractivity contribution is 5.24. The fraction of sp³-hybridized carbons (Fsp3) is 0.250. The van der Waals surface area contributed by atoms with Crippen LogP contribution in [0.4, 0.5) is 30.7 Å². The molecule has 0 unspecified atom stereocenters. The third kappa shape index (κ3) is 2.05. The molecule has 0 aliphatic carbocycles. The molecule has 1 radical (unpaired) electrons. The van der Waals surface area contributed by atoms with Crippen molar-refractivity contribution in [1.29, 1.82) is 0 Å². The smallest absolute Gasteiger partial charge is 0.206 e. The maximum atomic E-state index is 12.6. The molecule has 83 valence electrons. The maximum absolute atomic E-state index is 12.6. The van der Waals surface area contributed by atoms with Gasteiger partial charge in [0.1, 0.15) is 11.6 Å². The zero-order valence-electron chi connectivity index (χ0n) is 6.80. The SMILES string of the molecule is Fc1[c]cc(F)c(C(F)(F)C(F)(F)F)c1. The van der Waals surface area contributed by atoms with E-state index in [-0.39, 0.29) is 12.1 Å². The second-order valence-corrected chi connectivity index (χ2v) is 2.61. The summed E-state index contributed by atoms with van der Waals surface area (Å²) in [5.74, 6) is -8.78. The molecule has 0 aliphatic heterocycles. The van der Waals surface area contributed by atoms with E-state index >= 15 is 0 Å². The van der Waals surface area contributed by atoms with Crippen molar-refractivity contribution in [2.45, 2.75) is 12.1 Å². The highest BCUT2D eigenvalue weighted by Crippen LogP contribution is 2.44. The van der Waals surface area contributed by atoms with Crippen molar-refractivity contribution >= 4 is 0 Å². The first-order valence-corrected chi connectivity index (χ1v) is 3.48. The summed E-state index contributed by atoms with van der Waals surface area (Å²) in [4.78, 5) is 0. The van der Waals surface area contributed by atoms with Gasteiger partial charge >= 0.3 is 12.1 Å². The number of alkyl halides is 5. The molecule has 1 aromatic rings. The van der Waals surface area contributed by atoms with Crippen LogP contribution in [0.25, 0.3) is 0 Å². The highest BCUT2D eigenvalue weighted by atomic mass is 19.4. The van der Waals surface area contributed by atoms with Gasteiger partial charge in [-0.25, -0.2) is 8.78 Å². The molecule has 1 aromatic carbocycles. The number of hydrogen-bond donors (Lipinski definition) is 0. The standard InChI is InChI=1S/C8H2F7/c9-4-1-2-6(10)5(3-4)7(11,12)8(13,14)15/h2-3H. The third-order valence-electron chi connectivity index (χ3n) is 1.56. The van der Waals surface area contributed by atoms with Gasteiger partial charge in [0.15, 0.2) is 0 Å². The summed E-state index contributed by atoms with van der Waals surface area (Å²) in [6.45, 7) is 0. The molecule has 0 saturated heterocycles. The van der Waals surface area contributed by atoms with Crippen molar-refractivity contribution < 1.29 is 30.7 Å². The van der Waals surface area contributed by atoms with Crippen molar-refractivity contribution in [3.8, 4) is 0 Å². The largest absolute Gasteiger partial charge is 0.458 e. The summed E-state index contributed by atoms with van der Waals surface area (Å²) >= 11 is 0. The molecule has 0 atom stereocenters. The van der Waals surface area contributed by atoms with Crippen molar-refractivity contribution in [1.82, 2.24) is 0 Å². The van der Waals surface area contributed by atoms with Gasteiger partial charge in [0.2, 0.25) is 0 Å². The molecule has 0 saturated carbocycles. The normalized spacial score (nSPS) is 13.0. The van der Waals surface area contributed by atoms with Gasteiger partial charge in [0.25, 0.3) is 0 Å². The minimum absolute atomic E-state index is 0.0876. The van der Waals surface area contributed by atoms with Crippen molar-refractivity contribution in [2.24, 2.45) is 0 Å². The van der Waals surface area contributed by atoms with E-state index in [0.29, 0.717) is 0 Å². The van der Waals surface area contributed by atoms with Gasteiger partial charge in [-0.15, -0.1) is 0 Å². The summed E-state index contributed by atoms with van der Waals surface area (Å²) < 4.78 is 85.4. The molecular formula is C8H2F7. The van der Waals surface area contributed by atoms with Crippen LogP contribution in [0.1, 0.15) is 5.56 Å². The zero-order valence-corrected chi connectivity index (χ0v) is 6.80. The predicted molar refractivity (Wildman–Crippen MR) is 35.1 cm³/mol. The molecule has 0 nitrogen and oxygen atoms in total. The van der Waals surface area contributed by atoms with Gasteiger partial charge in [0.05, 0.1) is 5.56 Å². The molecule has 0 fully saturated rings. The summed E-state index contributed by atoms with van der Waals surface area (Å²) in [5.41, 5.74) is -2.05. The second kappa shape index (κ2) is 3.39. The highest BCUT2D eigenvalue weighted by Gasteiger charge is 2.60. The Kier molecular flexibility index (Phi) is 2.67. The number of hydrogen-bond acceptors (Lipinski definition) is 0. The third-order valence-corrected chi connectivity index (χ3v) is 1.56. The Morgan fingerprint density at radius 2 is 1.53 bits per heavy atom. The Balaban J connectivity index is 3.32. The predicted octanol–water partition coefficient (Wildman–Crippen LogP) is 3.42. The Morgan fingerprint density at radius 3 is 2.00 bits per heavy atom. The first kappa shape index (κ1) is 11.8. The van der Waals surface area contributed by atoms with Crippen LogP contribution in [-0.4, -0.2) is 6.18 Å².